The Morgan fingerprint density at radius 3 is 2.37 bits per heavy atom. The van der Waals surface area contributed by atoms with E-state index in [0.29, 0.717) is 12.1 Å². The van der Waals surface area contributed by atoms with Crippen molar-refractivity contribution in [3.8, 4) is 0 Å². The number of benzene rings is 1. The molecule has 0 aromatic heterocycles. The summed E-state index contributed by atoms with van der Waals surface area (Å²) in [5.74, 6) is 0. The Labute approximate surface area is 117 Å². The van der Waals surface area contributed by atoms with Crippen molar-refractivity contribution in [2.24, 2.45) is 5.73 Å². The minimum Gasteiger partial charge on any atom is -0.329 e. The lowest BCUT2D eigenvalue weighted by Crippen LogP contribution is -2.42. The second-order valence-electron chi connectivity index (χ2n) is 5.81. The molecule has 0 aliphatic heterocycles. The fourth-order valence-corrected chi connectivity index (χ4v) is 3.03. The third kappa shape index (κ3) is 5.33. The molecule has 0 radical (unpaired) electrons. The van der Waals surface area contributed by atoms with Gasteiger partial charge >= 0.3 is 0 Å². The molecule has 1 aliphatic carbocycles. The number of hydrogen-bond acceptors (Lipinski definition) is 2. The fraction of sp³-hybridized carbons (Fsp3) is 0.647. The van der Waals surface area contributed by atoms with Crippen molar-refractivity contribution < 1.29 is 0 Å². The minimum atomic E-state index is 0.475. The monoisotopic (exact) mass is 260 g/mol. The van der Waals surface area contributed by atoms with Crippen LogP contribution in [0.1, 0.15) is 50.5 Å². The van der Waals surface area contributed by atoms with Crippen molar-refractivity contribution in [1.29, 1.82) is 0 Å². The van der Waals surface area contributed by atoms with Gasteiger partial charge in [0, 0.05) is 18.6 Å². The summed E-state index contributed by atoms with van der Waals surface area (Å²) >= 11 is 0. The van der Waals surface area contributed by atoms with E-state index >= 15 is 0 Å². The molecule has 1 fully saturated rings. The molecular formula is C17H28N2. The molecular weight excluding hydrogens is 232 g/mol. The Bertz CT molecular complexity index is 328. The summed E-state index contributed by atoms with van der Waals surface area (Å²) in [5, 5.41) is 3.79. The number of hydrogen-bond donors (Lipinski definition) is 2. The normalized spacial score (nSPS) is 19.0. The molecule has 0 heterocycles. The topological polar surface area (TPSA) is 38.0 Å². The van der Waals surface area contributed by atoms with Gasteiger partial charge in [0.15, 0.2) is 0 Å². The summed E-state index contributed by atoms with van der Waals surface area (Å²) in [7, 11) is 0. The van der Waals surface area contributed by atoms with Gasteiger partial charge in [0.1, 0.15) is 0 Å². The van der Waals surface area contributed by atoms with Crippen molar-refractivity contribution in [1.82, 2.24) is 5.32 Å². The van der Waals surface area contributed by atoms with Gasteiger partial charge in [-0.2, -0.15) is 0 Å². The summed E-state index contributed by atoms with van der Waals surface area (Å²) in [6, 6.07) is 11.9. The standard InChI is InChI=1S/C17H28N2/c18-14-17(13-12-15-8-4-3-5-9-15)19-16-10-6-1-2-7-11-16/h3-5,8-9,16-17,19H,1-2,6-7,10-14,18H2. The smallest absolute Gasteiger partial charge is 0.0196 e. The molecule has 1 saturated carbocycles. The SMILES string of the molecule is NCC(CCc1ccccc1)NC1CCCCCC1. The predicted molar refractivity (Wildman–Crippen MR) is 82.2 cm³/mol. The average Bonchev–Trinajstić information content (AvgIpc) is 2.73. The Morgan fingerprint density at radius 1 is 1.05 bits per heavy atom. The lowest BCUT2D eigenvalue weighted by Gasteiger charge is -2.24. The number of nitrogens with two attached hydrogens (primary N) is 1. The van der Waals surface area contributed by atoms with Gasteiger partial charge in [-0.15, -0.1) is 0 Å². The van der Waals surface area contributed by atoms with E-state index in [0.717, 1.165) is 19.4 Å². The molecule has 106 valence electrons. The zero-order valence-corrected chi connectivity index (χ0v) is 12.0. The second kappa shape index (κ2) is 8.34. The molecule has 0 spiro atoms. The number of rotatable bonds is 6. The molecule has 1 atom stereocenters. The molecule has 2 heteroatoms. The van der Waals surface area contributed by atoms with E-state index in [4.69, 9.17) is 5.73 Å². The first kappa shape index (κ1) is 14.5. The van der Waals surface area contributed by atoms with Crippen molar-refractivity contribution >= 4 is 0 Å². The van der Waals surface area contributed by atoms with Crippen LogP contribution in [0, 0.1) is 0 Å². The maximum absolute atomic E-state index is 5.93. The van der Waals surface area contributed by atoms with Crippen LogP contribution in [0.5, 0.6) is 0 Å². The van der Waals surface area contributed by atoms with Gasteiger partial charge in [-0.1, -0.05) is 56.0 Å². The zero-order valence-electron chi connectivity index (χ0n) is 12.0. The molecule has 1 unspecified atom stereocenters. The van der Waals surface area contributed by atoms with Gasteiger partial charge in [0.25, 0.3) is 0 Å². The van der Waals surface area contributed by atoms with E-state index in [-0.39, 0.29) is 0 Å². The van der Waals surface area contributed by atoms with Crippen LogP contribution in [0.25, 0.3) is 0 Å². The van der Waals surface area contributed by atoms with E-state index in [1.807, 2.05) is 0 Å². The van der Waals surface area contributed by atoms with Crippen LogP contribution >= 0.6 is 0 Å². The van der Waals surface area contributed by atoms with Crippen LogP contribution in [-0.2, 0) is 6.42 Å². The van der Waals surface area contributed by atoms with Crippen LogP contribution in [0.2, 0.25) is 0 Å². The van der Waals surface area contributed by atoms with Crippen molar-refractivity contribution in [3.05, 3.63) is 35.9 Å². The number of aryl methyl sites for hydroxylation is 1. The maximum atomic E-state index is 5.93. The van der Waals surface area contributed by atoms with Crippen LogP contribution < -0.4 is 11.1 Å². The van der Waals surface area contributed by atoms with Crippen molar-refractivity contribution in [3.63, 3.8) is 0 Å². The van der Waals surface area contributed by atoms with Gasteiger partial charge in [-0.05, 0) is 31.2 Å². The van der Waals surface area contributed by atoms with Crippen molar-refractivity contribution in [2.75, 3.05) is 6.54 Å². The highest BCUT2D eigenvalue weighted by molar-refractivity contribution is 5.14. The first-order valence-electron chi connectivity index (χ1n) is 7.88. The minimum absolute atomic E-state index is 0.475. The van der Waals surface area contributed by atoms with Crippen LogP contribution in [0.15, 0.2) is 30.3 Å². The third-order valence-corrected chi connectivity index (χ3v) is 4.24. The molecule has 3 N–H and O–H groups in total. The highest BCUT2D eigenvalue weighted by Crippen LogP contribution is 2.18. The largest absolute Gasteiger partial charge is 0.329 e. The lowest BCUT2D eigenvalue weighted by atomic mass is 10.0. The molecule has 0 bridgehead atoms. The Morgan fingerprint density at radius 2 is 1.74 bits per heavy atom. The van der Waals surface area contributed by atoms with Gasteiger partial charge in [0.05, 0.1) is 0 Å². The summed E-state index contributed by atoms with van der Waals surface area (Å²) in [6.07, 6.45) is 10.5. The van der Waals surface area contributed by atoms with Gasteiger partial charge in [-0.25, -0.2) is 0 Å². The average molecular weight is 260 g/mol. The molecule has 0 saturated heterocycles. The quantitative estimate of drug-likeness (QED) is 0.771. The van der Waals surface area contributed by atoms with Gasteiger partial charge in [-0.3, -0.25) is 0 Å². The first-order chi connectivity index (χ1) is 9.38. The highest BCUT2D eigenvalue weighted by Gasteiger charge is 2.16. The van der Waals surface area contributed by atoms with E-state index in [1.165, 1.54) is 44.1 Å². The molecule has 1 aromatic carbocycles. The summed E-state index contributed by atoms with van der Waals surface area (Å²) in [6.45, 7) is 0.753. The Kier molecular flexibility index (Phi) is 6.38. The maximum Gasteiger partial charge on any atom is 0.0196 e. The van der Waals surface area contributed by atoms with Crippen molar-refractivity contribution in [2.45, 2.75) is 63.5 Å². The third-order valence-electron chi connectivity index (χ3n) is 4.24. The van der Waals surface area contributed by atoms with Gasteiger partial charge in [0.2, 0.25) is 0 Å². The van der Waals surface area contributed by atoms with E-state index in [2.05, 4.69) is 35.6 Å². The molecule has 2 rings (SSSR count). The second-order valence-corrected chi connectivity index (χ2v) is 5.81. The molecule has 1 aliphatic rings. The van der Waals surface area contributed by atoms with Crippen LogP contribution in [0.3, 0.4) is 0 Å². The summed E-state index contributed by atoms with van der Waals surface area (Å²) in [4.78, 5) is 0. The molecule has 0 amide bonds. The fourth-order valence-electron chi connectivity index (χ4n) is 3.03. The molecule has 1 aromatic rings. The van der Waals surface area contributed by atoms with Gasteiger partial charge < -0.3 is 11.1 Å². The molecule has 19 heavy (non-hydrogen) atoms. The van der Waals surface area contributed by atoms with Crippen LogP contribution in [-0.4, -0.2) is 18.6 Å². The van der Waals surface area contributed by atoms with E-state index in [9.17, 15) is 0 Å². The first-order valence-corrected chi connectivity index (χ1v) is 7.88. The Hall–Kier alpha value is -0.860. The van der Waals surface area contributed by atoms with E-state index in [1.54, 1.807) is 0 Å². The van der Waals surface area contributed by atoms with Crippen LogP contribution in [0.4, 0.5) is 0 Å². The lowest BCUT2D eigenvalue weighted by molar-refractivity contribution is 0.382. The highest BCUT2D eigenvalue weighted by atomic mass is 15.0. The predicted octanol–water partition coefficient (Wildman–Crippen LogP) is 3.26. The number of nitrogens with one attached hydrogen (secondary N) is 1. The van der Waals surface area contributed by atoms with E-state index < -0.39 is 0 Å². The summed E-state index contributed by atoms with van der Waals surface area (Å²) in [5.41, 5.74) is 7.35. The summed E-state index contributed by atoms with van der Waals surface area (Å²) < 4.78 is 0. The zero-order chi connectivity index (χ0) is 13.3. The Balaban J connectivity index is 1.76. The molecule has 2 nitrogen and oxygen atoms in total.